The molecule has 1 aromatic heterocycles. The van der Waals surface area contributed by atoms with Gasteiger partial charge in [-0.05, 0) is 30.4 Å². The van der Waals surface area contributed by atoms with Gasteiger partial charge in [0.2, 0.25) is 0 Å². The molecule has 0 aliphatic rings. The van der Waals surface area contributed by atoms with Crippen molar-refractivity contribution < 1.29 is 0 Å². The number of pyridine rings is 1. The summed E-state index contributed by atoms with van der Waals surface area (Å²) in [4.78, 5) is 4.02. The molecule has 0 fully saturated rings. The van der Waals surface area contributed by atoms with E-state index in [1.165, 1.54) is 6.42 Å². The van der Waals surface area contributed by atoms with Gasteiger partial charge in [0.1, 0.15) is 5.15 Å². The fourth-order valence-corrected chi connectivity index (χ4v) is 1.26. The van der Waals surface area contributed by atoms with E-state index in [2.05, 4.69) is 18.8 Å². The van der Waals surface area contributed by atoms with Crippen molar-refractivity contribution in [3.8, 4) is 0 Å². The molecular formula is C10H14ClN. The van der Waals surface area contributed by atoms with E-state index in [1.807, 2.05) is 12.1 Å². The highest BCUT2D eigenvalue weighted by Crippen LogP contribution is 2.15. The molecule has 0 unspecified atom stereocenters. The van der Waals surface area contributed by atoms with Gasteiger partial charge < -0.3 is 0 Å². The highest BCUT2D eigenvalue weighted by atomic mass is 35.5. The number of aryl methyl sites for hydroxylation is 1. The van der Waals surface area contributed by atoms with Gasteiger partial charge in [-0.1, -0.05) is 31.5 Å². The van der Waals surface area contributed by atoms with Crippen LogP contribution in [0.25, 0.3) is 0 Å². The Morgan fingerprint density at radius 2 is 2.25 bits per heavy atom. The molecule has 12 heavy (non-hydrogen) atoms. The smallest absolute Gasteiger partial charge is 0.132 e. The molecule has 0 N–H and O–H groups in total. The normalized spacial score (nSPS) is 10.7. The number of nitrogens with zero attached hydrogens (tertiary/aromatic N) is 1. The van der Waals surface area contributed by atoms with Gasteiger partial charge in [-0.15, -0.1) is 0 Å². The molecule has 0 aliphatic carbocycles. The Kier molecular flexibility index (Phi) is 3.54. The average Bonchev–Trinajstić information content (AvgIpc) is 2.03. The number of rotatable bonds is 3. The minimum atomic E-state index is 0.651. The summed E-state index contributed by atoms with van der Waals surface area (Å²) in [5.41, 5.74) is 1.16. The Hall–Kier alpha value is -0.560. The number of hydrogen-bond acceptors (Lipinski definition) is 1. The van der Waals surface area contributed by atoms with Crippen molar-refractivity contribution in [1.82, 2.24) is 4.98 Å². The van der Waals surface area contributed by atoms with Crippen molar-refractivity contribution >= 4 is 11.6 Å². The third-order valence-electron chi connectivity index (χ3n) is 1.83. The third kappa shape index (κ3) is 2.82. The van der Waals surface area contributed by atoms with E-state index in [1.54, 1.807) is 6.20 Å². The molecule has 0 aromatic carbocycles. The third-order valence-corrected chi connectivity index (χ3v) is 2.17. The Morgan fingerprint density at radius 1 is 1.50 bits per heavy atom. The average molecular weight is 184 g/mol. The lowest BCUT2D eigenvalue weighted by Crippen LogP contribution is -1.93. The van der Waals surface area contributed by atoms with Crippen molar-refractivity contribution in [2.75, 3.05) is 0 Å². The van der Waals surface area contributed by atoms with Crippen LogP contribution in [0.1, 0.15) is 25.8 Å². The predicted molar refractivity (Wildman–Crippen MR) is 52.4 cm³/mol. The molecule has 0 amide bonds. The molecule has 1 rings (SSSR count). The number of aromatic nitrogens is 1. The van der Waals surface area contributed by atoms with Gasteiger partial charge >= 0.3 is 0 Å². The Morgan fingerprint density at radius 3 is 2.83 bits per heavy atom. The van der Waals surface area contributed by atoms with Crippen molar-refractivity contribution in [2.24, 2.45) is 5.92 Å². The molecule has 1 aromatic rings. The first kappa shape index (κ1) is 9.53. The Bertz CT molecular complexity index is 245. The maximum Gasteiger partial charge on any atom is 0.132 e. The topological polar surface area (TPSA) is 12.9 Å². The molecule has 0 aliphatic heterocycles. The molecular weight excluding hydrogens is 170 g/mol. The van der Waals surface area contributed by atoms with Crippen LogP contribution in [0.15, 0.2) is 18.3 Å². The van der Waals surface area contributed by atoms with Crippen molar-refractivity contribution in [1.29, 1.82) is 0 Å². The second-order valence-electron chi connectivity index (χ2n) is 3.39. The van der Waals surface area contributed by atoms with E-state index in [-0.39, 0.29) is 0 Å². The summed E-state index contributed by atoms with van der Waals surface area (Å²) >= 11 is 5.90. The zero-order valence-electron chi connectivity index (χ0n) is 7.55. The predicted octanol–water partition coefficient (Wildman–Crippen LogP) is 3.32. The van der Waals surface area contributed by atoms with E-state index in [4.69, 9.17) is 11.6 Å². The summed E-state index contributed by atoms with van der Waals surface area (Å²) in [7, 11) is 0. The molecule has 66 valence electrons. The first-order chi connectivity index (χ1) is 5.70. The molecule has 0 saturated heterocycles. The van der Waals surface area contributed by atoms with Gasteiger partial charge in [0.05, 0.1) is 0 Å². The lowest BCUT2D eigenvalue weighted by atomic mass is 10.0. The summed E-state index contributed by atoms with van der Waals surface area (Å²) in [5, 5.41) is 0.651. The van der Waals surface area contributed by atoms with Crippen LogP contribution in [-0.2, 0) is 6.42 Å². The zero-order valence-corrected chi connectivity index (χ0v) is 8.30. The minimum Gasteiger partial charge on any atom is -0.244 e. The van der Waals surface area contributed by atoms with Gasteiger partial charge in [0.25, 0.3) is 0 Å². The SMILES string of the molecule is CC(C)CCc1cccnc1Cl. The van der Waals surface area contributed by atoms with E-state index in [0.717, 1.165) is 17.9 Å². The molecule has 0 spiro atoms. The summed E-state index contributed by atoms with van der Waals surface area (Å²) in [6, 6.07) is 3.97. The molecule has 0 bridgehead atoms. The molecule has 1 heterocycles. The van der Waals surface area contributed by atoms with Gasteiger partial charge in [-0.2, -0.15) is 0 Å². The zero-order chi connectivity index (χ0) is 8.97. The van der Waals surface area contributed by atoms with E-state index in [0.29, 0.717) is 5.15 Å². The summed E-state index contributed by atoms with van der Waals surface area (Å²) in [6.45, 7) is 4.43. The van der Waals surface area contributed by atoms with Gasteiger partial charge in [-0.25, -0.2) is 4.98 Å². The number of hydrogen-bond donors (Lipinski definition) is 0. The molecule has 0 radical (unpaired) electrons. The van der Waals surface area contributed by atoms with Crippen molar-refractivity contribution in [3.05, 3.63) is 29.0 Å². The van der Waals surface area contributed by atoms with Crippen LogP contribution in [0.3, 0.4) is 0 Å². The fourth-order valence-electron chi connectivity index (χ4n) is 1.05. The largest absolute Gasteiger partial charge is 0.244 e. The van der Waals surface area contributed by atoms with Crippen LogP contribution in [0.2, 0.25) is 5.15 Å². The quantitative estimate of drug-likeness (QED) is 0.656. The molecule has 1 nitrogen and oxygen atoms in total. The lowest BCUT2D eigenvalue weighted by molar-refractivity contribution is 0.586. The number of halogens is 1. The van der Waals surface area contributed by atoms with Gasteiger partial charge in [0, 0.05) is 6.20 Å². The van der Waals surface area contributed by atoms with Crippen LogP contribution >= 0.6 is 11.6 Å². The second-order valence-corrected chi connectivity index (χ2v) is 3.74. The van der Waals surface area contributed by atoms with Crippen molar-refractivity contribution in [3.63, 3.8) is 0 Å². The van der Waals surface area contributed by atoms with Gasteiger partial charge in [0.15, 0.2) is 0 Å². The van der Waals surface area contributed by atoms with Gasteiger partial charge in [-0.3, -0.25) is 0 Å². The van der Waals surface area contributed by atoms with Crippen LogP contribution < -0.4 is 0 Å². The lowest BCUT2D eigenvalue weighted by Gasteiger charge is -2.04. The van der Waals surface area contributed by atoms with Crippen LogP contribution in [0.5, 0.6) is 0 Å². The van der Waals surface area contributed by atoms with Crippen LogP contribution in [-0.4, -0.2) is 4.98 Å². The first-order valence-electron chi connectivity index (χ1n) is 4.29. The molecule has 2 heteroatoms. The molecule has 0 atom stereocenters. The van der Waals surface area contributed by atoms with Crippen LogP contribution in [0, 0.1) is 5.92 Å². The van der Waals surface area contributed by atoms with Crippen molar-refractivity contribution in [2.45, 2.75) is 26.7 Å². The Labute approximate surface area is 78.8 Å². The summed E-state index contributed by atoms with van der Waals surface area (Å²) < 4.78 is 0. The maximum atomic E-state index is 5.90. The summed E-state index contributed by atoms with van der Waals surface area (Å²) in [6.07, 6.45) is 3.93. The highest BCUT2D eigenvalue weighted by Gasteiger charge is 2.01. The first-order valence-corrected chi connectivity index (χ1v) is 4.67. The molecule has 0 saturated carbocycles. The van der Waals surface area contributed by atoms with Crippen LogP contribution in [0.4, 0.5) is 0 Å². The van der Waals surface area contributed by atoms with E-state index < -0.39 is 0 Å². The standard InChI is InChI=1S/C10H14ClN/c1-8(2)5-6-9-4-3-7-12-10(9)11/h3-4,7-8H,5-6H2,1-2H3. The van der Waals surface area contributed by atoms with E-state index in [9.17, 15) is 0 Å². The monoisotopic (exact) mass is 183 g/mol. The second kappa shape index (κ2) is 4.46. The highest BCUT2D eigenvalue weighted by molar-refractivity contribution is 6.30. The van der Waals surface area contributed by atoms with E-state index >= 15 is 0 Å². The minimum absolute atomic E-state index is 0.651. The fraction of sp³-hybridized carbons (Fsp3) is 0.500. The summed E-state index contributed by atoms with van der Waals surface area (Å²) in [5.74, 6) is 0.723. The maximum absolute atomic E-state index is 5.90. The Balaban J connectivity index is 2.57.